The summed E-state index contributed by atoms with van der Waals surface area (Å²) in [5.41, 5.74) is 2.48. The highest BCUT2D eigenvalue weighted by atomic mass is 35.5. The van der Waals surface area contributed by atoms with Crippen LogP contribution < -0.4 is 4.72 Å². The minimum Gasteiger partial charge on any atom is -0.392 e. The summed E-state index contributed by atoms with van der Waals surface area (Å²) >= 11 is 13.2. The summed E-state index contributed by atoms with van der Waals surface area (Å²) in [6.07, 6.45) is 0. The molecule has 0 aliphatic heterocycles. The number of thiazole rings is 1. The Morgan fingerprint density at radius 1 is 1.35 bits per heavy atom. The zero-order chi connectivity index (χ0) is 14.8. The molecule has 0 aliphatic rings. The van der Waals surface area contributed by atoms with Crippen LogP contribution in [0.1, 0.15) is 11.3 Å². The van der Waals surface area contributed by atoms with Crippen molar-refractivity contribution in [3.8, 4) is 0 Å². The lowest BCUT2D eigenvalue weighted by Gasteiger charge is -2.10. The first kappa shape index (κ1) is 15.7. The fourth-order valence-electron chi connectivity index (χ4n) is 1.50. The Labute approximate surface area is 130 Å². The second-order valence-electron chi connectivity index (χ2n) is 3.84. The van der Waals surface area contributed by atoms with Crippen molar-refractivity contribution >= 4 is 44.6 Å². The van der Waals surface area contributed by atoms with Crippen LogP contribution in [-0.2, 0) is 23.2 Å². The average Bonchev–Trinajstić information content (AvgIpc) is 2.92. The van der Waals surface area contributed by atoms with Gasteiger partial charge in [-0.3, -0.25) is 0 Å². The summed E-state index contributed by atoms with van der Waals surface area (Å²) in [5, 5.41) is 11.0. The molecule has 0 radical (unpaired) electrons. The first-order valence-electron chi connectivity index (χ1n) is 5.39. The highest BCUT2D eigenvalue weighted by Gasteiger charge is 2.21. The van der Waals surface area contributed by atoms with Crippen molar-refractivity contribution in [1.82, 2.24) is 9.71 Å². The molecule has 1 aromatic heterocycles. The van der Waals surface area contributed by atoms with Gasteiger partial charge in [-0.1, -0.05) is 23.2 Å². The zero-order valence-corrected chi connectivity index (χ0v) is 13.2. The molecular weight excluding hydrogens is 343 g/mol. The molecule has 0 aliphatic carbocycles. The smallest absolute Gasteiger partial charge is 0.242 e. The third kappa shape index (κ3) is 3.49. The molecular formula is C11H10Cl2N2O3S2. The van der Waals surface area contributed by atoms with E-state index < -0.39 is 16.6 Å². The van der Waals surface area contributed by atoms with E-state index in [1.807, 2.05) is 0 Å². The van der Waals surface area contributed by atoms with Gasteiger partial charge in [0.05, 0.1) is 29.4 Å². The summed E-state index contributed by atoms with van der Waals surface area (Å²) in [7, 11) is -3.83. The number of nitrogens with zero attached hydrogens (tertiary/aromatic N) is 1. The van der Waals surface area contributed by atoms with E-state index in [1.165, 1.54) is 23.5 Å². The van der Waals surface area contributed by atoms with E-state index in [2.05, 4.69) is 9.71 Å². The predicted octanol–water partition coefficient (Wildman–Crippen LogP) is 2.42. The molecule has 0 amide bonds. The van der Waals surface area contributed by atoms with Gasteiger partial charge < -0.3 is 5.11 Å². The van der Waals surface area contributed by atoms with Crippen LogP contribution in [0.3, 0.4) is 0 Å². The molecule has 1 heterocycles. The first-order chi connectivity index (χ1) is 9.44. The molecule has 0 saturated carbocycles. The molecule has 2 rings (SSSR count). The van der Waals surface area contributed by atoms with Gasteiger partial charge in [0.1, 0.15) is 4.90 Å². The number of aliphatic hydroxyl groups is 1. The monoisotopic (exact) mass is 352 g/mol. The number of nitrogens with one attached hydrogen (secondary N) is 1. The van der Waals surface area contributed by atoms with Crippen LogP contribution in [0.25, 0.3) is 0 Å². The first-order valence-corrected chi connectivity index (χ1v) is 8.57. The highest BCUT2D eigenvalue weighted by Crippen LogP contribution is 2.29. The quantitative estimate of drug-likeness (QED) is 0.865. The van der Waals surface area contributed by atoms with Gasteiger partial charge >= 0.3 is 0 Å². The van der Waals surface area contributed by atoms with Crippen molar-refractivity contribution in [2.24, 2.45) is 0 Å². The van der Waals surface area contributed by atoms with Crippen molar-refractivity contribution in [3.63, 3.8) is 0 Å². The Hall–Kier alpha value is -0.700. The standard InChI is InChI=1S/C11H10Cl2N2O3S2/c12-8-1-7(4-16)11(13)10(2-8)20(17,18)15-3-9-5-19-6-14-9/h1-2,5-6,15-16H,3-4H2. The minimum atomic E-state index is -3.83. The van der Waals surface area contributed by atoms with Crippen LogP contribution >= 0.6 is 34.5 Å². The maximum atomic E-state index is 12.2. The van der Waals surface area contributed by atoms with Crippen LogP contribution in [0.5, 0.6) is 0 Å². The van der Waals surface area contributed by atoms with Gasteiger partial charge in [0.15, 0.2) is 0 Å². The van der Waals surface area contributed by atoms with Crippen LogP contribution in [0, 0.1) is 0 Å². The van der Waals surface area contributed by atoms with Crippen molar-refractivity contribution in [2.75, 3.05) is 0 Å². The van der Waals surface area contributed by atoms with Gasteiger partial charge in [-0.05, 0) is 17.7 Å². The van der Waals surface area contributed by atoms with Crippen LogP contribution in [0.15, 0.2) is 27.9 Å². The lowest BCUT2D eigenvalue weighted by Crippen LogP contribution is -2.24. The Morgan fingerprint density at radius 3 is 2.70 bits per heavy atom. The molecule has 0 bridgehead atoms. The maximum Gasteiger partial charge on any atom is 0.242 e. The number of sulfonamides is 1. The van der Waals surface area contributed by atoms with E-state index in [0.717, 1.165) is 0 Å². The fraction of sp³-hybridized carbons (Fsp3) is 0.182. The Bertz CT molecular complexity index is 703. The normalized spacial score (nSPS) is 11.8. The van der Waals surface area contributed by atoms with Crippen LogP contribution in [-0.4, -0.2) is 18.5 Å². The fourth-order valence-corrected chi connectivity index (χ4v) is 3.98. The van der Waals surface area contributed by atoms with E-state index >= 15 is 0 Å². The van der Waals surface area contributed by atoms with Crippen molar-refractivity contribution in [3.05, 3.63) is 44.3 Å². The third-order valence-corrected chi connectivity index (χ3v) is 5.30. The molecule has 9 heteroatoms. The third-order valence-electron chi connectivity index (χ3n) is 2.47. The molecule has 20 heavy (non-hydrogen) atoms. The summed E-state index contributed by atoms with van der Waals surface area (Å²) in [5.74, 6) is 0. The van der Waals surface area contributed by atoms with Crippen molar-refractivity contribution in [2.45, 2.75) is 18.0 Å². The van der Waals surface area contributed by atoms with E-state index in [-0.39, 0.29) is 27.0 Å². The van der Waals surface area contributed by atoms with Gasteiger partial charge in [0, 0.05) is 10.4 Å². The molecule has 108 valence electrons. The second kappa shape index (κ2) is 6.38. The van der Waals surface area contributed by atoms with Crippen LogP contribution in [0.4, 0.5) is 0 Å². The second-order valence-corrected chi connectivity index (χ2v) is 7.11. The number of halogens is 2. The van der Waals surface area contributed by atoms with Gasteiger partial charge in [-0.15, -0.1) is 11.3 Å². The Kier molecular flexibility index (Phi) is 5.00. The molecule has 0 atom stereocenters. The summed E-state index contributed by atoms with van der Waals surface area (Å²) in [6, 6.07) is 2.66. The number of rotatable bonds is 5. The maximum absolute atomic E-state index is 12.2. The van der Waals surface area contributed by atoms with Crippen LogP contribution in [0.2, 0.25) is 10.0 Å². The SMILES string of the molecule is O=S(=O)(NCc1cscn1)c1cc(Cl)cc(CO)c1Cl. The van der Waals surface area contributed by atoms with Crippen molar-refractivity contribution in [1.29, 1.82) is 0 Å². The summed E-state index contributed by atoms with van der Waals surface area (Å²) in [4.78, 5) is 3.82. The zero-order valence-electron chi connectivity index (χ0n) is 10.0. The van der Waals surface area contributed by atoms with Gasteiger partial charge in [-0.2, -0.15) is 0 Å². The summed E-state index contributed by atoms with van der Waals surface area (Å²) in [6.45, 7) is -0.336. The van der Waals surface area contributed by atoms with Gasteiger partial charge in [0.25, 0.3) is 0 Å². The van der Waals surface area contributed by atoms with E-state index in [9.17, 15) is 8.42 Å². The molecule has 0 unspecified atom stereocenters. The molecule has 5 nitrogen and oxygen atoms in total. The van der Waals surface area contributed by atoms with Gasteiger partial charge in [-0.25, -0.2) is 18.1 Å². The van der Waals surface area contributed by atoms with Gasteiger partial charge in [0.2, 0.25) is 10.0 Å². The topological polar surface area (TPSA) is 79.3 Å². The predicted molar refractivity (Wildman–Crippen MR) is 78.5 cm³/mol. The van der Waals surface area contributed by atoms with Crippen molar-refractivity contribution < 1.29 is 13.5 Å². The van der Waals surface area contributed by atoms with E-state index in [1.54, 1.807) is 10.9 Å². The Balaban J connectivity index is 2.31. The van der Waals surface area contributed by atoms with E-state index in [4.69, 9.17) is 28.3 Å². The minimum absolute atomic E-state index is 0.0392. The number of benzene rings is 1. The average molecular weight is 353 g/mol. The molecule has 2 aromatic rings. The number of aromatic nitrogens is 1. The molecule has 0 fully saturated rings. The molecule has 0 spiro atoms. The lowest BCUT2D eigenvalue weighted by atomic mass is 10.2. The number of hydrogen-bond acceptors (Lipinski definition) is 5. The lowest BCUT2D eigenvalue weighted by molar-refractivity contribution is 0.281. The number of hydrogen-bond donors (Lipinski definition) is 2. The Morgan fingerprint density at radius 2 is 2.10 bits per heavy atom. The van der Waals surface area contributed by atoms with E-state index in [0.29, 0.717) is 5.69 Å². The molecule has 1 aromatic carbocycles. The number of aliphatic hydroxyl groups excluding tert-OH is 1. The molecule has 0 saturated heterocycles. The largest absolute Gasteiger partial charge is 0.392 e. The highest BCUT2D eigenvalue weighted by molar-refractivity contribution is 7.89. The molecule has 2 N–H and O–H groups in total. The summed E-state index contributed by atoms with van der Waals surface area (Å²) < 4.78 is 26.8.